The molecule has 8 heteroatoms. The van der Waals surface area contributed by atoms with Crippen molar-refractivity contribution in [2.75, 3.05) is 39.2 Å². The Morgan fingerprint density at radius 2 is 1.83 bits per heavy atom. The lowest BCUT2D eigenvalue weighted by Crippen LogP contribution is -2.48. The van der Waals surface area contributed by atoms with Crippen molar-refractivity contribution >= 4 is 23.4 Å². The lowest BCUT2D eigenvalue weighted by atomic mass is 10.0. The van der Waals surface area contributed by atoms with E-state index in [1.165, 1.54) is 0 Å². The van der Waals surface area contributed by atoms with E-state index in [0.717, 1.165) is 0 Å². The van der Waals surface area contributed by atoms with Crippen LogP contribution in [-0.4, -0.2) is 73.5 Å². The monoisotopic (exact) mass is 481 g/mol. The van der Waals surface area contributed by atoms with Gasteiger partial charge in [-0.15, -0.1) is 0 Å². The maximum atomic E-state index is 13.3. The van der Waals surface area contributed by atoms with Crippen molar-refractivity contribution in [3.05, 3.63) is 59.7 Å². The van der Waals surface area contributed by atoms with Crippen LogP contribution in [0.1, 0.15) is 47.9 Å². The van der Waals surface area contributed by atoms with Gasteiger partial charge in [-0.25, -0.2) is 0 Å². The SMILES string of the molecule is CCC(=O)N1C[C@@H](C)[C@H](OC)CN(C)C(=O)c2ccc(NC(=O)c3ccccc3)cc2OC[C@H]1C. The number of methoxy groups -OCH3 is 1. The summed E-state index contributed by atoms with van der Waals surface area (Å²) >= 11 is 0. The Hall–Kier alpha value is -3.39. The number of carbonyl (C=O) groups excluding carboxylic acids is 3. The number of likely N-dealkylation sites (N-methyl/N-ethyl adjacent to an activating group) is 1. The lowest BCUT2D eigenvalue weighted by Gasteiger charge is -2.36. The lowest BCUT2D eigenvalue weighted by molar-refractivity contribution is -0.135. The molecule has 2 aromatic rings. The number of nitrogens with zero attached hydrogens (tertiary/aromatic N) is 2. The molecule has 8 nitrogen and oxygen atoms in total. The average molecular weight is 482 g/mol. The van der Waals surface area contributed by atoms with Crippen LogP contribution in [-0.2, 0) is 9.53 Å². The molecule has 35 heavy (non-hydrogen) atoms. The summed E-state index contributed by atoms with van der Waals surface area (Å²) in [5, 5.41) is 2.86. The first kappa shape index (κ1) is 26.2. The molecule has 188 valence electrons. The van der Waals surface area contributed by atoms with E-state index in [1.807, 2.05) is 31.7 Å². The van der Waals surface area contributed by atoms with Crippen LogP contribution in [0.4, 0.5) is 5.69 Å². The smallest absolute Gasteiger partial charge is 0.257 e. The molecule has 3 atom stereocenters. The number of anilines is 1. The number of nitrogens with one attached hydrogen (secondary N) is 1. The molecule has 0 radical (unpaired) electrons. The van der Waals surface area contributed by atoms with Gasteiger partial charge in [0.05, 0.1) is 17.7 Å². The standard InChI is InChI=1S/C27H35N3O5/c1-6-25(31)30-15-18(2)24(34-5)16-29(4)27(33)22-13-12-21(14-23(22)35-17-19(30)3)28-26(32)20-10-8-7-9-11-20/h7-14,18-19,24H,6,15-17H2,1-5H3,(H,28,32)/t18-,19-,24-/m1/s1. The van der Waals surface area contributed by atoms with Crippen molar-refractivity contribution in [3.8, 4) is 5.75 Å². The summed E-state index contributed by atoms with van der Waals surface area (Å²) in [7, 11) is 3.35. The molecule has 2 aromatic carbocycles. The maximum Gasteiger partial charge on any atom is 0.257 e. The predicted molar refractivity (Wildman–Crippen MR) is 135 cm³/mol. The topological polar surface area (TPSA) is 88.2 Å². The van der Waals surface area contributed by atoms with Crippen LogP contribution in [0.25, 0.3) is 0 Å². The number of hydrogen-bond acceptors (Lipinski definition) is 5. The third-order valence-corrected chi connectivity index (χ3v) is 6.36. The van der Waals surface area contributed by atoms with E-state index < -0.39 is 0 Å². The van der Waals surface area contributed by atoms with Gasteiger partial charge in [0.2, 0.25) is 5.91 Å². The van der Waals surface area contributed by atoms with Gasteiger partial charge in [-0.3, -0.25) is 14.4 Å². The molecule has 3 amide bonds. The van der Waals surface area contributed by atoms with E-state index in [0.29, 0.717) is 42.1 Å². The second-order valence-electron chi connectivity index (χ2n) is 9.03. The molecule has 1 aliphatic rings. The van der Waals surface area contributed by atoms with E-state index in [-0.39, 0.29) is 42.4 Å². The molecule has 0 aliphatic carbocycles. The van der Waals surface area contributed by atoms with E-state index >= 15 is 0 Å². The van der Waals surface area contributed by atoms with Gasteiger partial charge in [0.15, 0.2) is 0 Å². The Bertz CT molecular complexity index is 1040. The molecule has 1 N–H and O–H groups in total. The van der Waals surface area contributed by atoms with Gasteiger partial charge in [0, 0.05) is 56.9 Å². The highest BCUT2D eigenvalue weighted by atomic mass is 16.5. The summed E-state index contributed by atoms with van der Waals surface area (Å²) in [6.45, 7) is 6.87. The Morgan fingerprint density at radius 3 is 2.49 bits per heavy atom. The minimum absolute atomic E-state index is 0.0164. The van der Waals surface area contributed by atoms with Crippen molar-refractivity contribution in [2.45, 2.75) is 39.3 Å². The molecule has 0 bridgehead atoms. The van der Waals surface area contributed by atoms with Crippen LogP contribution in [0, 0.1) is 5.92 Å². The summed E-state index contributed by atoms with van der Waals surface area (Å²) in [4.78, 5) is 42.1. The summed E-state index contributed by atoms with van der Waals surface area (Å²) in [6.07, 6.45) is 0.149. The quantitative estimate of drug-likeness (QED) is 0.720. The van der Waals surface area contributed by atoms with Crippen LogP contribution < -0.4 is 10.1 Å². The third-order valence-electron chi connectivity index (χ3n) is 6.36. The molecule has 0 fully saturated rings. The first-order valence-corrected chi connectivity index (χ1v) is 12.0. The van der Waals surface area contributed by atoms with Gasteiger partial charge >= 0.3 is 0 Å². The van der Waals surface area contributed by atoms with E-state index in [9.17, 15) is 14.4 Å². The Balaban J connectivity index is 1.94. The highest BCUT2D eigenvalue weighted by molar-refractivity contribution is 6.05. The predicted octanol–water partition coefficient (Wildman–Crippen LogP) is 3.68. The van der Waals surface area contributed by atoms with Crippen molar-refractivity contribution in [2.24, 2.45) is 5.92 Å². The largest absolute Gasteiger partial charge is 0.491 e. The van der Waals surface area contributed by atoms with Gasteiger partial charge in [-0.1, -0.05) is 32.0 Å². The zero-order valence-corrected chi connectivity index (χ0v) is 21.1. The molecular weight excluding hydrogens is 446 g/mol. The first-order valence-electron chi connectivity index (χ1n) is 12.0. The highest BCUT2D eigenvalue weighted by Crippen LogP contribution is 2.27. The summed E-state index contributed by atoms with van der Waals surface area (Å²) in [5.74, 6) is -0.0563. The number of amides is 3. The van der Waals surface area contributed by atoms with Gasteiger partial charge in [0.1, 0.15) is 12.4 Å². The fraction of sp³-hybridized carbons (Fsp3) is 0.444. The van der Waals surface area contributed by atoms with Crippen LogP contribution in [0.5, 0.6) is 5.75 Å². The van der Waals surface area contributed by atoms with Gasteiger partial charge < -0.3 is 24.6 Å². The van der Waals surface area contributed by atoms with Gasteiger partial charge in [0.25, 0.3) is 11.8 Å². The van der Waals surface area contributed by atoms with Crippen LogP contribution in [0.2, 0.25) is 0 Å². The van der Waals surface area contributed by atoms with Crippen molar-refractivity contribution in [1.82, 2.24) is 9.80 Å². The van der Waals surface area contributed by atoms with E-state index in [1.54, 1.807) is 61.5 Å². The number of fused-ring (bicyclic) bond motifs is 1. The first-order chi connectivity index (χ1) is 16.7. The van der Waals surface area contributed by atoms with Crippen molar-refractivity contribution < 1.29 is 23.9 Å². The fourth-order valence-corrected chi connectivity index (χ4v) is 4.19. The normalized spacial score (nSPS) is 21.3. The van der Waals surface area contributed by atoms with Gasteiger partial charge in [-0.05, 0) is 31.2 Å². The Labute approximate surface area is 207 Å². The summed E-state index contributed by atoms with van der Waals surface area (Å²) in [6, 6.07) is 13.7. The molecule has 1 aliphatic heterocycles. The molecule has 0 unspecified atom stereocenters. The second kappa shape index (κ2) is 11.8. The molecule has 0 saturated carbocycles. The molecule has 0 spiro atoms. The molecule has 0 aromatic heterocycles. The van der Waals surface area contributed by atoms with Crippen LogP contribution in [0.3, 0.4) is 0 Å². The van der Waals surface area contributed by atoms with Gasteiger partial charge in [-0.2, -0.15) is 0 Å². The Morgan fingerprint density at radius 1 is 1.11 bits per heavy atom. The van der Waals surface area contributed by atoms with Crippen LogP contribution >= 0.6 is 0 Å². The summed E-state index contributed by atoms with van der Waals surface area (Å²) in [5.41, 5.74) is 1.42. The second-order valence-corrected chi connectivity index (χ2v) is 9.03. The number of carbonyl (C=O) groups is 3. The number of rotatable bonds is 4. The zero-order valence-electron chi connectivity index (χ0n) is 21.1. The molecule has 3 rings (SSSR count). The number of ether oxygens (including phenoxy) is 2. The third kappa shape index (κ3) is 6.39. The average Bonchev–Trinajstić information content (AvgIpc) is 2.87. The van der Waals surface area contributed by atoms with Crippen molar-refractivity contribution in [3.63, 3.8) is 0 Å². The molecule has 1 heterocycles. The number of hydrogen-bond donors (Lipinski definition) is 1. The van der Waals surface area contributed by atoms with Crippen LogP contribution in [0.15, 0.2) is 48.5 Å². The maximum absolute atomic E-state index is 13.3. The minimum Gasteiger partial charge on any atom is -0.491 e. The van der Waals surface area contributed by atoms with E-state index in [4.69, 9.17) is 9.47 Å². The van der Waals surface area contributed by atoms with E-state index in [2.05, 4.69) is 5.32 Å². The highest BCUT2D eigenvalue weighted by Gasteiger charge is 2.30. The molecular formula is C27H35N3O5. The summed E-state index contributed by atoms with van der Waals surface area (Å²) < 4.78 is 11.8. The fourth-order valence-electron chi connectivity index (χ4n) is 4.19. The van der Waals surface area contributed by atoms with Crippen molar-refractivity contribution in [1.29, 1.82) is 0 Å². The minimum atomic E-state index is -0.257. The Kier molecular flexibility index (Phi) is 8.87. The zero-order chi connectivity index (χ0) is 25.5. The molecule has 0 saturated heterocycles. The number of benzene rings is 2.